The fourth-order valence-electron chi connectivity index (χ4n) is 3.03. The summed E-state index contributed by atoms with van der Waals surface area (Å²) in [6, 6.07) is 0. The van der Waals surface area contributed by atoms with Crippen LogP contribution in [0.1, 0.15) is 20.3 Å². The van der Waals surface area contributed by atoms with Crippen molar-refractivity contribution in [2.75, 3.05) is 39.3 Å². The van der Waals surface area contributed by atoms with Crippen LogP contribution >= 0.6 is 0 Å². The fourth-order valence-corrected chi connectivity index (χ4v) is 3.03. The first-order valence-corrected chi connectivity index (χ1v) is 5.64. The minimum Gasteiger partial charge on any atom is -0.396 e. The Bertz CT molecular complexity index is 203. The van der Waals surface area contributed by atoms with Gasteiger partial charge in [0.05, 0.1) is 0 Å². The van der Waals surface area contributed by atoms with E-state index < -0.39 is 0 Å². The number of nitrogens with one attached hydrogen (secondary N) is 1. The SMILES string of the molecule is C[C@@]12CNC[C@]1(C)CN(CCCO)C2. The first kappa shape index (κ1) is 10.4. The highest BCUT2D eigenvalue weighted by Gasteiger charge is 2.54. The molecule has 0 aromatic rings. The molecule has 0 aliphatic carbocycles. The standard InChI is InChI=1S/C11H22N2O/c1-10-6-12-7-11(10,2)9-13(8-10)4-3-5-14/h12,14H,3-9H2,1-2H3/t10-,11+. The molecule has 14 heavy (non-hydrogen) atoms. The third kappa shape index (κ3) is 1.47. The lowest BCUT2D eigenvalue weighted by atomic mass is 9.71. The van der Waals surface area contributed by atoms with Crippen LogP contribution in [0.25, 0.3) is 0 Å². The van der Waals surface area contributed by atoms with Crippen molar-refractivity contribution in [2.24, 2.45) is 10.8 Å². The van der Waals surface area contributed by atoms with E-state index in [-0.39, 0.29) is 0 Å². The zero-order valence-corrected chi connectivity index (χ0v) is 9.34. The van der Waals surface area contributed by atoms with Crippen LogP contribution in [0.3, 0.4) is 0 Å². The molecule has 0 amide bonds. The second-order valence-electron chi connectivity index (χ2n) is 5.51. The van der Waals surface area contributed by atoms with Crippen molar-refractivity contribution in [1.29, 1.82) is 0 Å². The first-order valence-electron chi connectivity index (χ1n) is 5.64. The summed E-state index contributed by atoms with van der Waals surface area (Å²) < 4.78 is 0. The predicted molar refractivity (Wildman–Crippen MR) is 57.2 cm³/mol. The molecule has 2 atom stereocenters. The lowest BCUT2D eigenvalue weighted by Gasteiger charge is -2.31. The molecule has 2 heterocycles. The van der Waals surface area contributed by atoms with E-state index in [2.05, 4.69) is 24.1 Å². The molecular weight excluding hydrogens is 176 g/mol. The van der Waals surface area contributed by atoms with Gasteiger partial charge in [-0.25, -0.2) is 0 Å². The van der Waals surface area contributed by atoms with Gasteiger partial charge in [-0.2, -0.15) is 0 Å². The number of hydrogen-bond acceptors (Lipinski definition) is 3. The van der Waals surface area contributed by atoms with E-state index in [1.54, 1.807) is 0 Å². The number of aliphatic hydroxyl groups excluding tert-OH is 1. The van der Waals surface area contributed by atoms with Crippen LogP contribution in [0.2, 0.25) is 0 Å². The highest BCUT2D eigenvalue weighted by atomic mass is 16.3. The van der Waals surface area contributed by atoms with Gasteiger partial charge in [0.1, 0.15) is 0 Å². The number of aliphatic hydroxyl groups is 1. The molecule has 0 aromatic carbocycles. The molecule has 2 aliphatic heterocycles. The quantitative estimate of drug-likeness (QED) is 0.684. The van der Waals surface area contributed by atoms with Gasteiger partial charge in [0.2, 0.25) is 0 Å². The number of hydrogen-bond donors (Lipinski definition) is 2. The Morgan fingerprint density at radius 2 is 1.79 bits per heavy atom. The predicted octanol–water partition coefficient (Wildman–Crippen LogP) is 0.300. The Morgan fingerprint density at radius 3 is 2.29 bits per heavy atom. The van der Waals surface area contributed by atoms with Crippen LogP contribution in [0, 0.1) is 10.8 Å². The average Bonchev–Trinajstić information content (AvgIpc) is 2.50. The topological polar surface area (TPSA) is 35.5 Å². The third-order valence-corrected chi connectivity index (χ3v) is 4.27. The van der Waals surface area contributed by atoms with E-state index >= 15 is 0 Å². The summed E-state index contributed by atoms with van der Waals surface area (Å²) in [6.07, 6.45) is 0.916. The zero-order valence-electron chi connectivity index (χ0n) is 9.34. The van der Waals surface area contributed by atoms with Gasteiger partial charge in [-0.05, 0) is 6.42 Å². The zero-order chi connectivity index (χ0) is 10.2. The van der Waals surface area contributed by atoms with Crippen molar-refractivity contribution in [3.05, 3.63) is 0 Å². The molecule has 0 bridgehead atoms. The van der Waals surface area contributed by atoms with Crippen LogP contribution in [0.5, 0.6) is 0 Å². The second kappa shape index (κ2) is 3.47. The molecule has 2 saturated heterocycles. The Balaban J connectivity index is 1.98. The monoisotopic (exact) mass is 198 g/mol. The summed E-state index contributed by atoms with van der Waals surface area (Å²) in [7, 11) is 0. The maximum Gasteiger partial charge on any atom is 0.0443 e. The van der Waals surface area contributed by atoms with Gasteiger partial charge >= 0.3 is 0 Å². The molecule has 2 N–H and O–H groups in total. The molecule has 0 aromatic heterocycles. The van der Waals surface area contributed by atoms with E-state index in [4.69, 9.17) is 5.11 Å². The van der Waals surface area contributed by atoms with E-state index in [1.165, 1.54) is 13.1 Å². The van der Waals surface area contributed by atoms with Crippen LogP contribution in [0.15, 0.2) is 0 Å². The smallest absolute Gasteiger partial charge is 0.0443 e. The first-order chi connectivity index (χ1) is 6.60. The molecule has 2 fully saturated rings. The highest BCUT2D eigenvalue weighted by molar-refractivity contribution is 5.08. The maximum atomic E-state index is 8.82. The molecular formula is C11H22N2O. The van der Waals surface area contributed by atoms with Crippen molar-refractivity contribution in [3.8, 4) is 0 Å². The van der Waals surface area contributed by atoms with Crippen LogP contribution in [-0.4, -0.2) is 49.3 Å². The summed E-state index contributed by atoms with van der Waals surface area (Å²) in [6.45, 7) is 10.9. The Hall–Kier alpha value is -0.120. The Kier molecular flexibility index (Phi) is 2.58. The van der Waals surface area contributed by atoms with Gasteiger partial charge in [0.25, 0.3) is 0 Å². The molecule has 3 heteroatoms. The minimum atomic E-state index is 0.322. The lowest BCUT2D eigenvalue weighted by molar-refractivity contribution is 0.212. The van der Waals surface area contributed by atoms with Gasteiger partial charge < -0.3 is 15.3 Å². The van der Waals surface area contributed by atoms with Crippen molar-refractivity contribution in [2.45, 2.75) is 20.3 Å². The van der Waals surface area contributed by atoms with E-state index in [1.807, 2.05) is 0 Å². The summed E-state index contributed by atoms with van der Waals surface area (Å²) in [5.41, 5.74) is 0.894. The average molecular weight is 198 g/mol. The number of fused-ring (bicyclic) bond motifs is 1. The van der Waals surface area contributed by atoms with Gasteiger partial charge in [-0.15, -0.1) is 0 Å². The third-order valence-electron chi connectivity index (χ3n) is 4.27. The molecule has 0 spiro atoms. The molecule has 0 saturated carbocycles. The van der Waals surface area contributed by atoms with Gasteiger partial charge in [-0.3, -0.25) is 0 Å². The molecule has 3 nitrogen and oxygen atoms in total. The lowest BCUT2D eigenvalue weighted by Crippen LogP contribution is -2.34. The largest absolute Gasteiger partial charge is 0.396 e. The number of nitrogens with zero attached hydrogens (tertiary/aromatic N) is 1. The van der Waals surface area contributed by atoms with Crippen LogP contribution in [0.4, 0.5) is 0 Å². The maximum absolute atomic E-state index is 8.82. The number of rotatable bonds is 3. The summed E-state index contributed by atoms with van der Waals surface area (Å²) >= 11 is 0. The molecule has 0 unspecified atom stereocenters. The Morgan fingerprint density at radius 1 is 1.21 bits per heavy atom. The van der Waals surface area contributed by atoms with E-state index in [9.17, 15) is 0 Å². The van der Waals surface area contributed by atoms with Crippen LogP contribution in [-0.2, 0) is 0 Å². The number of likely N-dealkylation sites (tertiary alicyclic amines) is 1. The Labute approximate surface area is 86.5 Å². The van der Waals surface area contributed by atoms with Crippen molar-refractivity contribution >= 4 is 0 Å². The van der Waals surface area contributed by atoms with Crippen molar-refractivity contribution in [3.63, 3.8) is 0 Å². The van der Waals surface area contributed by atoms with Crippen LogP contribution < -0.4 is 5.32 Å². The van der Waals surface area contributed by atoms with E-state index in [0.29, 0.717) is 17.4 Å². The summed E-state index contributed by atoms with van der Waals surface area (Å²) in [5.74, 6) is 0. The molecule has 0 radical (unpaired) electrons. The van der Waals surface area contributed by atoms with Crippen molar-refractivity contribution in [1.82, 2.24) is 10.2 Å². The van der Waals surface area contributed by atoms with E-state index in [0.717, 1.165) is 26.1 Å². The summed E-state index contributed by atoms with van der Waals surface area (Å²) in [4.78, 5) is 2.51. The minimum absolute atomic E-state index is 0.322. The molecule has 82 valence electrons. The normalized spacial score (nSPS) is 43.1. The van der Waals surface area contributed by atoms with Gasteiger partial charge in [0, 0.05) is 50.2 Å². The van der Waals surface area contributed by atoms with Gasteiger partial charge in [-0.1, -0.05) is 13.8 Å². The summed E-state index contributed by atoms with van der Waals surface area (Å²) in [5, 5.41) is 12.3. The second-order valence-corrected chi connectivity index (χ2v) is 5.51. The highest BCUT2D eigenvalue weighted by Crippen LogP contribution is 2.48. The molecule has 2 aliphatic rings. The van der Waals surface area contributed by atoms with Gasteiger partial charge in [0.15, 0.2) is 0 Å². The van der Waals surface area contributed by atoms with Crippen molar-refractivity contribution < 1.29 is 5.11 Å². The molecule has 2 rings (SSSR count). The fraction of sp³-hybridized carbons (Fsp3) is 1.00.